The van der Waals surface area contributed by atoms with Gasteiger partial charge in [0.2, 0.25) is 0 Å². The van der Waals surface area contributed by atoms with E-state index in [2.05, 4.69) is 0 Å². The number of rotatable bonds is 2. The Bertz CT molecular complexity index is 495. The number of nitriles is 1. The minimum atomic E-state index is -0.386. The van der Waals surface area contributed by atoms with Gasteiger partial charge >= 0.3 is 0 Å². The zero-order chi connectivity index (χ0) is 13.0. The van der Waals surface area contributed by atoms with Crippen LogP contribution in [-0.4, -0.2) is 24.9 Å². The van der Waals surface area contributed by atoms with Crippen molar-refractivity contribution in [2.75, 3.05) is 14.1 Å². The third-order valence-corrected chi connectivity index (χ3v) is 2.70. The highest BCUT2D eigenvalue weighted by atomic mass is 35.5. The second-order valence-electron chi connectivity index (χ2n) is 3.50. The second-order valence-corrected chi connectivity index (χ2v) is 4.32. The molecule has 0 aliphatic rings. The Balaban J connectivity index is 3.26. The van der Waals surface area contributed by atoms with Gasteiger partial charge in [-0.2, -0.15) is 5.26 Å². The maximum atomic E-state index is 11.6. The van der Waals surface area contributed by atoms with Gasteiger partial charge in [-0.25, -0.2) is 0 Å². The van der Waals surface area contributed by atoms with E-state index >= 15 is 0 Å². The molecule has 0 N–H and O–H groups in total. The highest BCUT2D eigenvalue weighted by Gasteiger charge is 2.13. The lowest BCUT2D eigenvalue weighted by Gasteiger charge is -2.09. The van der Waals surface area contributed by atoms with Gasteiger partial charge in [0.25, 0.3) is 5.91 Å². The molecule has 17 heavy (non-hydrogen) atoms. The molecule has 0 bridgehead atoms. The van der Waals surface area contributed by atoms with E-state index in [9.17, 15) is 4.79 Å². The number of nitrogens with zero attached hydrogens (tertiary/aromatic N) is 2. The number of likely N-dealkylation sites (N-methyl/N-ethyl adjacent to an activating group) is 1. The van der Waals surface area contributed by atoms with Crippen molar-refractivity contribution in [3.63, 3.8) is 0 Å². The molecule has 0 fully saturated rings. The van der Waals surface area contributed by atoms with Gasteiger partial charge in [0.1, 0.15) is 11.6 Å². The minimum absolute atomic E-state index is 0.00926. The van der Waals surface area contributed by atoms with Crippen LogP contribution in [0.15, 0.2) is 23.8 Å². The summed E-state index contributed by atoms with van der Waals surface area (Å²) in [6, 6.07) is 6.83. The largest absolute Gasteiger partial charge is 0.344 e. The Morgan fingerprint density at radius 2 is 1.88 bits per heavy atom. The predicted octanol–water partition coefficient (Wildman–Crippen LogP) is 2.99. The maximum Gasteiger partial charge on any atom is 0.264 e. The monoisotopic (exact) mass is 268 g/mol. The van der Waals surface area contributed by atoms with Crippen LogP contribution in [0.4, 0.5) is 0 Å². The summed E-state index contributed by atoms with van der Waals surface area (Å²) >= 11 is 11.9. The number of amides is 1. The first-order chi connectivity index (χ1) is 7.97. The Hall–Kier alpha value is -1.50. The van der Waals surface area contributed by atoms with Gasteiger partial charge < -0.3 is 4.90 Å². The molecule has 0 radical (unpaired) electrons. The van der Waals surface area contributed by atoms with Crippen molar-refractivity contribution in [1.29, 1.82) is 5.26 Å². The molecule has 88 valence electrons. The van der Waals surface area contributed by atoms with Gasteiger partial charge in [0.15, 0.2) is 0 Å². The van der Waals surface area contributed by atoms with Crippen molar-refractivity contribution in [1.82, 2.24) is 4.90 Å². The Kier molecular flexibility index (Phi) is 4.56. The van der Waals surface area contributed by atoms with E-state index < -0.39 is 0 Å². The minimum Gasteiger partial charge on any atom is -0.344 e. The van der Waals surface area contributed by atoms with Crippen molar-refractivity contribution in [2.45, 2.75) is 0 Å². The summed E-state index contributed by atoms with van der Waals surface area (Å²) in [6.45, 7) is 0. The maximum absolute atomic E-state index is 11.6. The lowest BCUT2D eigenvalue weighted by atomic mass is 10.1. The van der Waals surface area contributed by atoms with Gasteiger partial charge in [-0.05, 0) is 18.2 Å². The van der Waals surface area contributed by atoms with Crippen LogP contribution in [0.2, 0.25) is 10.0 Å². The molecule has 0 atom stereocenters. The molecule has 0 spiro atoms. The first-order valence-corrected chi connectivity index (χ1v) is 5.50. The van der Waals surface area contributed by atoms with Gasteiger partial charge in [-0.15, -0.1) is 0 Å². The Morgan fingerprint density at radius 1 is 1.35 bits per heavy atom. The van der Waals surface area contributed by atoms with E-state index in [0.29, 0.717) is 15.6 Å². The molecule has 3 nitrogen and oxygen atoms in total. The molecule has 0 unspecified atom stereocenters. The lowest BCUT2D eigenvalue weighted by molar-refractivity contribution is -0.124. The third kappa shape index (κ3) is 3.23. The van der Waals surface area contributed by atoms with Gasteiger partial charge in [-0.3, -0.25) is 4.79 Å². The summed E-state index contributed by atoms with van der Waals surface area (Å²) in [6.07, 6.45) is 1.40. The third-order valence-electron chi connectivity index (χ3n) is 2.05. The fourth-order valence-electron chi connectivity index (χ4n) is 1.18. The summed E-state index contributed by atoms with van der Waals surface area (Å²) < 4.78 is 0. The SMILES string of the molecule is CN(C)C(=O)/C(C#N)=C/c1c(Cl)cccc1Cl. The number of benzene rings is 1. The summed E-state index contributed by atoms with van der Waals surface area (Å²) in [5.74, 6) is -0.386. The van der Waals surface area contributed by atoms with Crippen LogP contribution in [0.25, 0.3) is 6.08 Å². The molecule has 5 heteroatoms. The summed E-state index contributed by atoms with van der Waals surface area (Å²) in [5.41, 5.74) is 0.465. The average molecular weight is 269 g/mol. The quantitative estimate of drug-likeness (QED) is 0.612. The number of hydrogen-bond donors (Lipinski definition) is 0. The zero-order valence-electron chi connectivity index (χ0n) is 9.37. The fraction of sp³-hybridized carbons (Fsp3) is 0.167. The van der Waals surface area contributed by atoms with Crippen LogP contribution < -0.4 is 0 Å². The molecule has 0 saturated carbocycles. The van der Waals surface area contributed by atoms with Crippen molar-refractivity contribution in [2.24, 2.45) is 0 Å². The standard InChI is InChI=1S/C12H10Cl2N2O/c1-16(2)12(17)8(7-15)6-9-10(13)4-3-5-11(9)14/h3-6H,1-2H3/b8-6+. The van der Waals surface area contributed by atoms with E-state index in [1.807, 2.05) is 6.07 Å². The highest BCUT2D eigenvalue weighted by molar-refractivity contribution is 6.37. The lowest BCUT2D eigenvalue weighted by Crippen LogP contribution is -2.22. The van der Waals surface area contributed by atoms with E-state index in [1.54, 1.807) is 32.3 Å². The molecule has 1 amide bonds. The molecule has 0 aliphatic carbocycles. The van der Waals surface area contributed by atoms with Crippen molar-refractivity contribution < 1.29 is 4.79 Å². The summed E-state index contributed by atoms with van der Waals surface area (Å²) in [5, 5.41) is 9.74. The van der Waals surface area contributed by atoms with Crippen molar-refractivity contribution in [3.05, 3.63) is 39.4 Å². The molecule has 0 aromatic heterocycles. The first kappa shape index (κ1) is 13.6. The fourth-order valence-corrected chi connectivity index (χ4v) is 1.68. The van der Waals surface area contributed by atoms with Crippen LogP contribution in [0.3, 0.4) is 0 Å². The molecule has 0 aliphatic heterocycles. The van der Waals surface area contributed by atoms with E-state index in [1.165, 1.54) is 11.0 Å². The first-order valence-electron chi connectivity index (χ1n) is 4.75. The molecule has 1 aromatic carbocycles. The molecule has 0 saturated heterocycles. The number of halogens is 2. The van der Waals surface area contributed by atoms with Crippen LogP contribution in [-0.2, 0) is 4.79 Å². The number of carbonyl (C=O) groups is 1. The Labute approximate surface area is 110 Å². The molecule has 0 heterocycles. The van der Waals surface area contributed by atoms with Crippen molar-refractivity contribution in [3.8, 4) is 6.07 Å². The van der Waals surface area contributed by atoms with Gasteiger partial charge in [0, 0.05) is 29.7 Å². The van der Waals surface area contributed by atoms with E-state index in [-0.39, 0.29) is 11.5 Å². The molecular formula is C12H10Cl2N2O. The smallest absolute Gasteiger partial charge is 0.264 e. The number of hydrogen-bond acceptors (Lipinski definition) is 2. The normalized spacial score (nSPS) is 10.9. The molecular weight excluding hydrogens is 259 g/mol. The van der Waals surface area contributed by atoms with Crippen LogP contribution >= 0.6 is 23.2 Å². The number of carbonyl (C=O) groups excluding carboxylic acids is 1. The van der Waals surface area contributed by atoms with E-state index in [4.69, 9.17) is 28.5 Å². The average Bonchev–Trinajstić information content (AvgIpc) is 2.28. The second kappa shape index (κ2) is 5.72. The zero-order valence-corrected chi connectivity index (χ0v) is 10.9. The molecule has 1 rings (SSSR count). The molecule has 1 aromatic rings. The van der Waals surface area contributed by atoms with Gasteiger partial charge in [-0.1, -0.05) is 29.3 Å². The van der Waals surface area contributed by atoms with Crippen LogP contribution in [0.5, 0.6) is 0 Å². The Morgan fingerprint density at radius 3 is 2.29 bits per heavy atom. The van der Waals surface area contributed by atoms with Crippen LogP contribution in [0.1, 0.15) is 5.56 Å². The van der Waals surface area contributed by atoms with Crippen LogP contribution in [0, 0.1) is 11.3 Å². The summed E-state index contributed by atoms with van der Waals surface area (Å²) in [7, 11) is 3.14. The predicted molar refractivity (Wildman–Crippen MR) is 68.7 cm³/mol. The van der Waals surface area contributed by atoms with E-state index in [0.717, 1.165) is 0 Å². The van der Waals surface area contributed by atoms with Crippen molar-refractivity contribution >= 4 is 35.2 Å². The summed E-state index contributed by atoms with van der Waals surface area (Å²) in [4.78, 5) is 13.0. The van der Waals surface area contributed by atoms with Gasteiger partial charge in [0.05, 0.1) is 0 Å². The topological polar surface area (TPSA) is 44.1 Å². The highest BCUT2D eigenvalue weighted by Crippen LogP contribution is 2.26.